The molecule has 3 aromatic rings. The highest BCUT2D eigenvalue weighted by atomic mass is 32.1. The van der Waals surface area contributed by atoms with Crippen LogP contribution >= 0.6 is 11.3 Å². The van der Waals surface area contributed by atoms with E-state index in [1.54, 1.807) is 30.2 Å². The number of methoxy groups -OCH3 is 2. The summed E-state index contributed by atoms with van der Waals surface area (Å²) in [5, 5.41) is 2.71. The van der Waals surface area contributed by atoms with E-state index in [4.69, 9.17) is 14.2 Å². The number of carbonyl (C=O) groups excluding carboxylic acids is 2. The average Bonchev–Trinajstić information content (AvgIpc) is 3.26. The van der Waals surface area contributed by atoms with Crippen LogP contribution in [-0.2, 0) is 20.7 Å². The molecule has 1 aliphatic heterocycles. The van der Waals surface area contributed by atoms with Crippen molar-refractivity contribution in [3.63, 3.8) is 0 Å². The first-order valence-electron chi connectivity index (χ1n) is 9.31. The van der Waals surface area contributed by atoms with Crippen LogP contribution < -0.4 is 14.4 Å². The van der Waals surface area contributed by atoms with Gasteiger partial charge in [0.2, 0.25) is 12.0 Å². The third kappa shape index (κ3) is 3.99. The highest BCUT2D eigenvalue weighted by molar-refractivity contribution is 7.13. The normalized spacial score (nSPS) is 15.1. The van der Waals surface area contributed by atoms with Gasteiger partial charge in [-0.25, -0.2) is 9.78 Å². The highest BCUT2D eigenvalue weighted by Crippen LogP contribution is 2.34. The van der Waals surface area contributed by atoms with Gasteiger partial charge in [-0.15, -0.1) is 11.3 Å². The zero-order valence-electron chi connectivity index (χ0n) is 16.5. The molecule has 7 nitrogen and oxygen atoms in total. The SMILES string of the molecule is COC(=O)[C@@H]1CN(C(=O)Cc2csc(-c3ccc(OC)cc3)n2)c2ccccc2O1. The van der Waals surface area contributed by atoms with Gasteiger partial charge in [0.05, 0.1) is 38.6 Å². The Bertz CT molecular complexity index is 1060. The molecule has 0 unspecified atom stereocenters. The first-order valence-corrected chi connectivity index (χ1v) is 10.2. The van der Waals surface area contributed by atoms with Gasteiger partial charge in [0.1, 0.15) is 16.5 Å². The van der Waals surface area contributed by atoms with Crippen LogP contribution in [0.4, 0.5) is 5.69 Å². The molecule has 154 valence electrons. The second kappa shape index (κ2) is 8.54. The number of aromatic nitrogens is 1. The molecule has 4 rings (SSSR count). The maximum atomic E-state index is 13.1. The van der Waals surface area contributed by atoms with Crippen LogP contribution in [0.5, 0.6) is 11.5 Å². The number of para-hydroxylation sites is 2. The summed E-state index contributed by atoms with van der Waals surface area (Å²) in [5.74, 6) is 0.575. The number of rotatable bonds is 5. The van der Waals surface area contributed by atoms with E-state index in [2.05, 4.69) is 4.98 Å². The molecule has 0 saturated carbocycles. The van der Waals surface area contributed by atoms with Crippen LogP contribution in [0.2, 0.25) is 0 Å². The predicted molar refractivity (Wildman–Crippen MR) is 113 cm³/mol. The predicted octanol–water partition coefficient (Wildman–Crippen LogP) is 3.33. The molecule has 0 radical (unpaired) electrons. The van der Waals surface area contributed by atoms with Gasteiger partial charge < -0.3 is 19.1 Å². The molecule has 2 aromatic carbocycles. The third-order valence-electron chi connectivity index (χ3n) is 4.76. The number of amides is 1. The number of esters is 1. The number of hydrogen-bond donors (Lipinski definition) is 0. The second-order valence-electron chi connectivity index (χ2n) is 6.65. The standard InChI is InChI=1S/C22H20N2O5S/c1-27-16-9-7-14(8-10-16)21-23-15(13-30-21)11-20(25)24-12-19(22(26)28-2)29-18-6-4-3-5-17(18)24/h3-10,13,19H,11-12H2,1-2H3/t19-/m0/s1. The number of hydrogen-bond acceptors (Lipinski definition) is 7. The van der Waals surface area contributed by atoms with Gasteiger partial charge in [-0.3, -0.25) is 4.79 Å². The Labute approximate surface area is 177 Å². The van der Waals surface area contributed by atoms with Crippen LogP contribution in [-0.4, -0.2) is 43.7 Å². The van der Waals surface area contributed by atoms with Crippen LogP contribution in [0, 0.1) is 0 Å². The number of nitrogens with zero attached hydrogens (tertiary/aromatic N) is 2. The van der Waals surface area contributed by atoms with Gasteiger partial charge >= 0.3 is 5.97 Å². The van der Waals surface area contributed by atoms with Gasteiger partial charge in [-0.1, -0.05) is 12.1 Å². The zero-order valence-corrected chi connectivity index (χ0v) is 17.3. The van der Waals surface area contributed by atoms with Crippen molar-refractivity contribution in [1.82, 2.24) is 4.98 Å². The van der Waals surface area contributed by atoms with Gasteiger partial charge in [0.15, 0.2) is 0 Å². The van der Waals surface area contributed by atoms with E-state index >= 15 is 0 Å². The van der Waals surface area contributed by atoms with Crippen LogP contribution in [0.25, 0.3) is 10.6 Å². The quantitative estimate of drug-likeness (QED) is 0.585. The topological polar surface area (TPSA) is 78.0 Å². The summed E-state index contributed by atoms with van der Waals surface area (Å²) in [4.78, 5) is 31.3. The number of anilines is 1. The first kappa shape index (κ1) is 19.9. The largest absolute Gasteiger partial charge is 0.497 e. The molecule has 1 atom stereocenters. The molecule has 8 heteroatoms. The van der Waals surface area contributed by atoms with Gasteiger partial charge in [-0.05, 0) is 36.4 Å². The molecule has 0 spiro atoms. The number of benzene rings is 2. The summed E-state index contributed by atoms with van der Waals surface area (Å²) >= 11 is 1.48. The van der Waals surface area contributed by atoms with E-state index in [0.29, 0.717) is 17.1 Å². The van der Waals surface area contributed by atoms with Crippen molar-refractivity contribution in [2.24, 2.45) is 0 Å². The summed E-state index contributed by atoms with van der Waals surface area (Å²) in [7, 11) is 2.92. The minimum Gasteiger partial charge on any atom is -0.497 e. The van der Waals surface area contributed by atoms with E-state index in [-0.39, 0.29) is 18.9 Å². The van der Waals surface area contributed by atoms with Crippen LogP contribution in [0.1, 0.15) is 5.69 Å². The maximum absolute atomic E-state index is 13.1. The zero-order chi connectivity index (χ0) is 21.1. The molecule has 0 fully saturated rings. The van der Waals surface area contributed by atoms with E-state index in [1.807, 2.05) is 35.7 Å². The molecule has 1 amide bonds. The number of fused-ring (bicyclic) bond motifs is 1. The van der Waals surface area contributed by atoms with Crippen molar-refractivity contribution in [2.75, 3.05) is 25.7 Å². The molecule has 0 saturated heterocycles. The Morgan fingerprint density at radius 3 is 2.67 bits per heavy atom. The maximum Gasteiger partial charge on any atom is 0.348 e. The fraction of sp³-hybridized carbons (Fsp3) is 0.227. The number of ether oxygens (including phenoxy) is 3. The van der Waals surface area contributed by atoms with E-state index in [0.717, 1.165) is 16.3 Å². The van der Waals surface area contributed by atoms with Gasteiger partial charge in [-0.2, -0.15) is 0 Å². The molecular weight excluding hydrogens is 404 g/mol. The van der Waals surface area contributed by atoms with Crippen molar-refractivity contribution in [3.05, 3.63) is 59.6 Å². The Morgan fingerprint density at radius 1 is 1.17 bits per heavy atom. The van der Waals surface area contributed by atoms with Crippen molar-refractivity contribution in [1.29, 1.82) is 0 Å². The summed E-state index contributed by atoms with van der Waals surface area (Å²) in [6, 6.07) is 14.8. The van der Waals surface area contributed by atoms with Crippen molar-refractivity contribution < 1.29 is 23.8 Å². The molecule has 0 N–H and O–H groups in total. The van der Waals surface area contributed by atoms with Crippen LogP contribution in [0.15, 0.2) is 53.9 Å². The lowest BCUT2D eigenvalue weighted by molar-refractivity contribution is -0.148. The average molecular weight is 424 g/mol. The fourth-order valence-electron chi connectivity index (χ4n) is 3.23. The van der Waals surface area contributed by atoms with Gasteiger partial charge in [0, 0.05) is 10.9 Å². The third-order valence-corrected chi connectivity index (χ3v) is 5.70. The molecule has 30 heavy (non-hydrogen) atoms. The first-order chi connectivity index (χ1) is 14.6. The highest BCUT2D eigenvalue weighted by Gasteiger charge is 2.34. The lowest BCUT2D eigenvalue weighted by Crippen LogP contribution is -2.48. The van der Waals surface area contributed by atoms with Gasteiger partial charge in [0.25, 0.3) is 0 Å². The molecule has 2 heterocycles. The minimum absolute atomic E-state index is 0.0952. The lowest BCUT2D eigenvalue weighted by atomic mass is 10.1. The second-order valence-corrected chi connectivity index (χ2v) is 7.51. The summed E-state index contributed by atoms with van der Waals surface area (Å²) in [6.45, 7) is 0.0952. The monoisotopic (exact) mass is 424 g/mol. The fourth-order valence-corrected chi connectivity index (χ4v) is 4.06. The molecule has 0 bridgehead atoms. The van der Waals surface area contributed by atoms with Crippen LogP contribution in [0.3, 0.4) is 0 Å². The number of thiazole rings is 1. The van der Waals surface area contributed by atoms with Crippen molar-refractivity contribution in [2.45, 2.75) is 12.5 Å². The minimum atomic E-state index is -0.862. The Hall–Kier alpha value is -3.39. The summed E-state index contributed by atoms with van der Waals surface area (Å²) in [6.07, 6.45) is -0.742. The Kier molecular flexibility index (Phi) is 5.67. The molecular formula is C22H20N2O5S. The number of carbonyl (C=O) groups is 2. The Balaban J connectivity index is 1.53. The van der Waals surface area contributed by atoms with Crippen molar-refractivity contribution >= 4 is 28.9 Å². The molecule has 1 aromatic heterocycles. The summed E-state index contributed by atoms with van der Waals surface area (Å²) in [5.41, 5.74) is 2.27. The molecule has 0 aliphatic carbocycles. The Morgan fingerprint density at radius 2 is 1.93 bits per heavy atom. The van der Waals surface area contributed by atoms with E-state index < -0.39 is 12.1 Å². The van der Waals surface area contributed by atoms with E-state index in [9.17, 15) is 9.59 Å². The smallest absolute Gasteiger partial charge is 0.348 e. The lowest BCUT2D eigenvalue weighted by Gasteiger charge is -2.33. The van der Waals surface area contributed by atoms with E-state index in [1.165, 1.54) is 18.4 Å². The van der Waals surface area contributed by atoms with Crippen molar-refractivity contribution in [3.8, 4) is 22.1 Å². The summed E-state index contributed by atoms with van der Waals surface area (Å²) < 4.78 is 15.7. The molecule has 1 aliphatic rings.